The number of likely N-dealkylation sites (N-methyl/N-ethyl adjacent to an activating group) is 1. The van der Waals surface area contributed by atoms with Gasteiger partial charge >= 0.3 is 0 Å². The summed E-state index contributed by atoms with van der Waals surface area (Å²) in [6.07, 6.45) is 0. The van der Waals surface area contributed by atoms with Crippen LogP contribution < -0.4 is 10.0 Å². The van der Waals surface area contributed by atoms with Crippen LogP contribution in [0, 0.1) is 12.7 Å². The first kappa shape index (κ1) is 23.9. The Morgan fingerprint density at radius 2 is 1.50 bits per heavy atom. The number of hydrogen-bond donors (Lipinski definition) is 2. The van der Waals surface area contributed by atoms with E-state index in [-0.39, 0.29) is 29.4 Å². The third-order valence-electron chi connectivity index (χ3n) is 4.19. The van der Waals surface area contributed by atoms with Gasteiger partial charge < -0.3 is 5.32 Å². The van der Waals surface area contributed by atoms with Gasteiger partial charge in [-0.2, -0.15) is 4.31 Å². The second kappa shape index (κ2) is 10.1. The van der Waals surface area contributed by atoms with Crippen LogP contribution >= 0.6 is 0 Å². The fraction of sp³-hybridized carbons (Fsp3) is 0.316. The van der Waals surface area contributed by atoms with E-state index in [2.05, 4.69) is 10.0 Å². The molecule has 8 nitrogen and oxygen atoms in total. The molecule has 0 aromatic heterocycles. The molecule has 0 radical (unpaired) electrons. The van der Waals surface area contributed by atoms with Crippen LogP contribution in [0.1, 0.15) is 12.5 Å². The molecule has 0 aliphatic rings. The van der Waals surface area contributed by atoms with E-state index in [1.54, 1.807) is 19.1 Å². The zero-order valence-electron chi connectivity index (χ0n) is 16.6. The normalized spacial score (nSPS) is 12.1. The summed E-state index contributed by atoms with van der Waals surface area (Å²) in [7, 11) is -7.67. The van der Waals surface area contributed by atoms with Crippen molar-refractivity contribution in [3.63, 3.8) is 0 Å². The van der Waals surface area contributed by atoms with E-state index in [0.717, 1.165) is 34.1 Å². The van der Waals surface area contributed by atoms with E-state index >= 15 is 0 Å². The summed E-state index contributed by atoms with van der Waals surface area (Å²) < 4.78 is 65.9. The Labute approximate surface area is 176 Å². The first-order valence-corrected chi connectivity index (χ1v) is 12.1. The summed E-state index contributed by atoms with van der Waals surface area (Å²) in [5.41, 5.74) is 0.928. The Hall–Kier alpha value is -2.34. The van der Waals surface area contributed by atoms with Crippen molar-refractivity contribution in [3.8, 4) is 0 Å². The number of aryl methyl sites for hydroxylation is 1. The SMILES string of the molecule is CCN(CC(=O)NCCNS(=O)(=O)c1ccc(C)cc1)S(=O)(=O)c1ccc(F)cc1. The molecule has 2 N–H and O–H groups in total. The van der Waals surface area contributed by atoms with Crippen LogP contribution in [0.15, 0.2) is 58.3 Å². The highest BCUT2D eigenvalue weighted by molar-refractivity contribution is 7.89. The highest BCUT2D eigenvalue weighted by Crippen LogP contribution is 2.15. The lowest BCUT2D eigenvalue weighted by molar-refractivity contribution is -0.121. The number of nitrogens with one attached hydrogen (secondary N) is 2. The Morgan fingerprint density at radius 1 is 0.933 bits per heavy atom. The van der Waals surface area contributed by atoms with Gasteiger partial charge in [0, 0.05) is 19.6 Å². The largest absolute Gasteiger partial charge is 0.354 e. The number of rotatable bonds is 10. The molecular formula is C19H24FN3O5S2. The molecule has 0 fully saturated rings. The van der Waals surface area contributed by atoms with Gasteiger partial charge in [-0.1, -0.05) is 24.6 Å². The molecule has 0 saturated carbocycles. The lowest BCUT2D eigenvalue weighted by Gasteiger charge is -2.20. The second-order valence-electron chi connectivity index (χ2n) is 6.45. The van der Waals surface area contributed by atoms with Crippen LogP contribution in [0.2, 0.25) is 0 Å². The van der Waals surface area contributed by atoms with Crippen LogP contribution in [0.25, 0.3) is 0 Å². The van der Waals surface area contributed by atoms with E-state index in [1.807, 2.05) is 6.92 Å². The van der Waals surface area contributed by atoms with Gasteiger partial charge in [0.25, 0.3) is 0 Å². The number of amides is 1. The minimum Gasteiger partial charge on any atom is -0.354 e. The maximum Gasteiger partial charge on any atom is 0.243 e. The van der Waals surface area contributed by atoms with E-state index < -0.39 is 38.3 Å². The van der Waals surface area contributed by atoms with Crippen LogP contribution in [0.4, 0.5) is 4.39 Å². The van der Waals surface area contributed by atoms with Gasteiger partial charge in [-0.3, -0.25) is 4.79 Å². The maximum atomic E-state index is 13.0. The van der Waals surface area contributed by atoms with Crippen molar-refractivity contribution in [3.05, 3.63) is 59.9 Å². The zero-order chi connectivity index (χ0) is 22.4. The van der Waals surface area contributed by atoms with Crippen molar-refractivity contribution in [2.75, 3.05) is 26.2 Å². The van der Waals surface area contributed by atoms with Crippen molar-refractivity contribution < 1.29 is 26.0 Å². The summed E-state index contributed by atoms with van der Waals surface area (Å²) in [5.74, 6) is -1.15. The molecule has 0 aliphatic carbocycles. The van der Waals surface area contributed by atoms with Gasteiger partial charge in [0.05, 0.1) is 16.3 Å². The highest BCUT2D eigenvalue weighted by atomic mass is 32.2. The molecule has 0 bridgehead atoms. The molecule has 2 aromatic rings. The van der Waals surface area contributed by atoms with Crippen molar-refractivity contribution in [2.45, 2.75) is 23.6 Å². The fourth-order valence-corrected chi connectivity index (χ4v) is 4.96. The lowest BCUT2D eigenvalue weighted by atomic mass is 10.2. The summed E-state index contributed by atoms with van der Waals surface area (Å²) in [5, 5.41) is 2.48. The van der Waals surface area contributed by atoms with Crippen LogP contribution in [0.5, 0.6) is 0 Å². The molecular weight excluding hydrogens is 433 g/mol. The molecule has 2 rings (SSSR count). The van der Waals surface area contributed by atoms with Crippen molar-refractivity contribution >= 4 is 26.0 Å². The first-order chi connectivity index (χ1) is 14.1. The van der Waals surface area contributed by atoms with E-state index in [0.29, 0.717) is 0 Å². The Kier molecular flexibility index (Phi) is 8.07. The molecule has 1 amide bonds. The standard InChI is InChI=1S/C19H24FN3O5S2/c1-3-23(30(27,28)18-10-6-16(20)7-11-18)14-19(24)21-12-13-22-29(25,26)17-8-4-15(2)5-9-17/h4-11,22H,3,12-14H2,1-2H3,(H,21,24). The predicted molar refractivity (Wildman–Crippen MR) is 110 cm³/mol. The molecule has 0 saturated heterocycles. The first-order valence-electron chi connectivity index (χ1n) is 9.15. The second-order valence-corrected chi connectivity index (χ2v) is 10.2. The maximum absolute atomic E-state index is 13.0. The van der Waals surface area contributed by atoms with Gasteiger partial charge in [-0.05, 0) is 43.3 Å². The lowest BCUT2D eigenvalue weighted by Crippen LogP contribution is -2.42. The average molecular weight is 458 g/mol. The van der Waals surface area contributed by atoms with E-state index in [1.165, 1.54) is 12.1 Å². The molecule has 0 atom stereocenters. The van der Waals surface area contributed by atoms with Crippen LogP contribution in [-0.2, 0) is 24.8 Å². The molecule has 30 heavy (non-hydrogen) atoms. The average Bonchev–Trinajstić information content (AvgIpc) is 2.70. The smallest absolute Gasteiger partial charge is 0.243 e. The topological polar surface area (TPSA) is 113 Å². The van der Waals surface area contributed by atoms with Gasteiger partial charge in [-0.25, -0.2) is 25.9 Å². The van der Waals surface area contributed by atoms with E-state index in [4.69, 9.17) is 0 Å². The highest BCUT2D eigenvalue weighted by Gasteiger charge is 2.25. The summed E-state index contributed by atoms with van der Waals surface area (Å²) in [6.45, 7) is 2.93. The minimum absolute atomic E-state index is 0.0158. The molecule has 164 valence electrons. The number of halogens is 1. The Morgan fingerprint density at radius 3 is 2.07 bits per heavy atom. The third kappa shape index (κ3) is 6.33. The molecule has 11 heteroatoms. The molecule has 0 spiro atoms. The van der Waals surface area contributed by atoms with Crippen molar-refractivity contribution in [2.24, 2.45) is 0 Å². The van der Waals surface area contributed by atoms with Gasteiger partial charge in [-0.15, -0.1) is 0 Å². The minimum atomic E-state index is -3.96. The van der Waals surface area contributed by atoms with Gasteiger partial charge in [0.1, 0.15) is 5.82 Å². The number of carbonyl (C=O) groups is 1. The number of sulfonamides is 2. The van der Waals surface area contributed by atoms with Crippen molar-refractivity contribution in [1.29, 1.82) is 0 Å². The predicted octanol–water partition coefficient (Wildman–Crippen LogP) is 1.24. The third-order valence-corrected chi connectivity index (χ3v) is 7.61. The number of carbonyl (C=O) groups excluding carboxylic acids is 1. The molecule has 0 unspecified atom stereocenters. The molecule has 2 aromatic carbocycles. The van der Waals surface area contributed by atoms with Crippen molar-refractivity contribution in [1.82, 2.24) is 14.3 Å². The molecule has 0 heterocycles. The van der Waals surface area contributed by atoms with Crippen LogP contribution in [0.3, 0.4) is 0 Å². The Bertz CT molecular complexity index is 1070. The number of nitrogens with zero attached hydrogens (tertiary/aromatic N) is 1. The number of benzene rings is 2. The summed E-state index contributed by atoms with van der Waals surface area (Å²) in [6, 6.07) is 10.6. The Balaban J connectivity index is 1.88. The quantitative estimate of drug-likeness (QED) is 0.521. The summed E-state index contributed by atoms with van der Waals surface area (Å²) in [4.78, 5) is 12.1. The number of hydrogen-bond acceptors (Lipinski definition) is 5. The van der Waals surface area contributed by atoms with Crippen LogP contribution in [-0.4, -0.2) is 53.2 Å². The van der Waals surface area contributed by atoms with E-state index in [9.17, 15) is 26.0 Å². The van der Waals surface area contributed by atoms with Gasteiger partial charge in [0.2, 0.25) is 26.0 Å². The monoisotopic (exact) mass is 457 g/mol. The van der Waals surface area contributed by atoms with Gasteiger partial charge in [0.15, 0.2) is 0 Å². The zero-order valence-corrected chi connectivity index (χ0v) is 18.3. The summed E-state index contributed by atoms with van der Waals surface area (Å²) >= 11 is 0. The molecule has 0 aliphatic heterocycles. The fourth-order valence-electron chi connectivity index (χ4n) is 2.53.